The van der Waals surface area contributed by atoms with Gasteiger partial charge in [0.15, 0.2) is 0 Å². The third-order valence-corrected chi connectivity index (χ3v) is 4.47. The van der Waals surface area contributed by atoms with Crippen LogP contribution in [0.25, 0.3) is 11.1 Å². The predicted octanol–water partition coefficient (Wildman–Crippen LogP) is 1.31. The number of guanidine groups is 1. The van der Waals surface area contributed by atoms with E-state index in [4.69, 9.17) is 0 Å². The maximum atomic E-state index is 11.8. The Morgan fingerprint density at radius 2 is 2.30 bits per heavy atom. The first kappa shape index (κ1) is 17.0. The molecule has 0 saturated carbocycles. The number of allylic oxidation sites excluding steroid dienone is 2. The number of aryl methyl sites for hydroxylation is 1. The normalized spacial score (nSPS) is 20.7. The Labute approximate surface area is 157 Å². The first-order valence-corrected chi connectivity index (χ1v) is 8.85. The summed E-state index contributed by atoms with van der Waals surface area (Å²) < 4.78 is 1.91. The molecule has 0 saturated heterocycles. The van der Waals surface area contributed by atoms with Gasteiger partial charge < -0.3 is 15.2 Å². The Morgan fingerprint density at radius 1 is 1.41 bits per heavy atom. The van der Waals surface area contributed by atoms with Gasteiger partial charge in [0.05, 0.1) is 18.1 Å². The molecule has 8 nitrogen and oxygen atoms in total. The van der Waals surface area contributed by atoms with Crippen LogP contribution in [0.3, 0.4) is 0 Å². The van der Waals surface area contributed by atoms with Crippen LogP contribution >= 0.6 is 0 Å². The molecule has 0 fully saturated rings. The van der Waals surface area contributed by atoms with Crippen LogP contribution in [0.2, 0.25) is 0 Å². The second kappa shape index (κ2) is 7.06. The molecule has 2 amide bonds. The number of fused-ring (bicyclic) bond motifs is 1. The number of hydrogen-bond donors (Lipinski definition) is 3. The van der Waals surface area contributed by atoms with Crippen LogP contribution in [0, 0.1) is 0 Å². The minimum absolute atomic E-state index is 0.0702. The highest BCUT2D eigenvalue weighted by Crippen LogP contribution is 2.34. The lowest BCUT2D eigenvalue weighted by atomic mass is 9.87. The van der Waals surface area contributed by atoms with Crippen molar-refractivity contribution in [2.75, 3.05) is 6.54 Å². The van der Waals surface area contributed by atoms with Gasteiger partial charge in [0.25, 0.3) is 0 Å². The number of hydrogen-bond acceptors (Lipinski definition) is 5. The number of imidazole rings is 1. The minimum atomic E-state index is -0.276. The monoisotopic (exact) mass is 363 g/mol. The molecule has 138 valence electrons. The van der Waals surface area contributed by atoms with Crippen molar-refractivity contribution in [2.45, 2.75) is 19.0 Å². The predicted molar refractivity (Wildman–Crippen MR) is 104 cm³/mol. The second-order valence-electron chi connectivity index (χ2n) is 6.46. The zero-order valence-corrected chi connectivity index (χ0v) is 15.2. The summed E-state index contributed by atoms with van der Waals surface area (Å²) in [6.07, 6.45) is 11.5. The average Bonchev–Trinajstić information content (AvgIpc) is 3.27. The maximum Gasteiger partial charge on any atom is 0.321 e. The van der Waals surface area contributed by atoms with E-state index in [1.165, 1.54) is 0 Å². The Kier molecular flexibility index (Phi) is 4.45. The van der Waals surface area contributed by atoms with E-state index in [-0.39, 0.29) is 18.1 Å². The summed E-state index contributed by atoms with van der Waals surface area (Å²) in [6.45, 7) is 2.42. The summed E-state index contributed by atoms with van der Waals surface area (Å²) in [5.41, 5.74) is 3.94. The summed E-state index contributed by atoms with van der Waals surface area (Å²) in [6, 6.07) is 3.44. The van der Waals surface area contributed by atoms with Crippen LogP contribution < -0.4 is 16.0 Å². The Bertz CT molecular complexity index is 942. The third kappa shape index (κ3) is 3.46. The highest BCUT2D eigenvalue weighted by Gasteiger charge is 2.35. The molecule has 2 aromatic rings. The molecule has 1 aliphatic carbocycles. The number of aromatic nitrogens is 3. The van der Waals surface area contributed by atoms with Crippen LogP contribution in [0.15, 0.2) is 54.2 Å². The summed E-state index contributed by atoms with van der Waals surface area (Å²) >= 11 is 0. The smallest absolute Gasteiger partial charge is 0.321 e. The lowest BCUT2D eigenvalue weighted by Gasteiger charge is -2.23. The van der Waals surface area contributed by atoms with Gasteiger partial charge in [0.1, 0.15) is 6.04 Å². The summed E-state index contributed by atoms with van der Waals surface area (Å²) in [5, 5.41) is 8.77. The topological polar surface area (TPSA) is 96.2 Å². The van der Waals surface area contributed by atoms with Gasteiger partial charge in [0.2, 0.25) is 5.96 Å². The van der Waals surface area contributed by atoms with Crippen molar-refractivity contribution < 1.29 is 4.79 Å². The molecule has 3 heterocycles. The average molecular weight is 363 g/mol. The number of nitrogens with one attached hydrogen (secondary N) is 3. The number of rotatable bonds is 3. The van der Waals surface area contributed by atoms with E-state index >= 15 is 0 Å². The molecular formula is C19H21N7O. The lowest BCUT2D eigenvalue weighted by Crippen LogP contribution is -2.46. The van der Waals surface area contributed by atoms with Gasteiger partial charge in [-0.2, -0.15) is 0 Å². The fourth-order valence-corrected chi connectivity index (χ4v) is 3.26. The number of carbonyl (C=O) groups is 1. The molecule has 1 aliphatic heterocycles. The molecule has 2 atom stereocenters. The molecule has 2 aliphatic rings. The van der Waals surface area contributed by atoms with Crippen molar-refractivity contribution in [3.05, 3.63) is 60.5 Å². The van der Waals surface area contributed by atoms with Gasteiger partial charge in [-0.15, -0.1) is 0 Å². The molecule has 0 radical (unpaired) electrons. The van der Waals surface area contributed by atoms with E-state index in [9.17, 15) is 4.79 Å². The van der Waals surface area contributed by atoms with Crippen LogP contribution in [0.5, 0.6) is 0 Å². The second-order valence-corrected chi connectivity index (χ2v) is 6.46. The van der Waals surface area contributed by atoms with E-state index < -0.39 is 0 Å². The number of amides is 2. The van der Waals surface area contributed by atoms with E-state index in [0.29, 0.717) is 12.5 Å². The SMILES string of the molecule is CCNC(=O)NC1=NC2C(c3cn(C)cn3)=CC(c3cccnc3)=CC2N1. The van der Waals surface area contributed by atoms with Crippen molar-refractivity contribution in [2.24, 2.45) is 12.0 Å². The number of aliphatic imine (C=N–C) groups is 1. The quantitative estimate of drug-likeness (QED) is 0.766. The molecule has 27 heavy (non-hydrogen) atoms. The molecule has 0 bridgehead atoms. The highest BCUT2D eigenvalue weighted by molar-refractivity contribution is 6.00. The van der Waals surface area contributed by atoms with Gasteiger partial charge in [-0.1, -0.05) is 12.1 Å². The molecule has 0 spiro atoms. The lowest BCUT2D eigenvalue weighted by molar-refractivity contribution is 0.245. The van der Waals surface area contributed by atoms with Crippen LogP contribution in [-0.4, -0.2) is 45.2 Å². The van der Waals surface area contributed by atoms with Gasteiger partial charge in [-0.3, -0.25) is 10.3 Å². The van der Waals surface area contributed by atoms with Gasteiger partial charge in [-0.25, -0.2) is 14.8 Å². The van der Waals surface area contributed by atoms with E-state index in [1.807, 2.05) is 43.1 Å². The molecule has 4 rings (SSSR count). The Morgan fingerprint density at radius 3 is 3.00 bits per heavy atom. The first-order chi connectivity index (χ1) is 13.1. The molecule has 8 heteroatoms. The third-order valence-electron chi connectivity index (χ3n) is 4.47. The van der Waals surface area contributed by atoms with E-state index in [0.717, 1.165) is 22.4 Å². The maximum absolute atomic E-state index is 11.8. The largest absolute Gasteiger partial charge is 0.347 e. The summed E-state index contributed by atoms with van der Waals surface area (Å²) in [7, 11) is 1.94. The Balaban J connectivity index is 1.69. The molecule has 2 aromatic heterocycles. The van der Waals surface area contributed by atoms with Crippen LogP contribution in [0.1, 0.15) is 18.2 Å². The number of urea groups is 1. The minimum Gasteiger partial charge on any atom is -0.347 e. The van der Waals surface area contributed by atoms with Crippen molar-refractivity contribution in [1.29, 1.82) is 0 Å². The van der Waals surface area contributed by atoms with Gasteiger partial charge >= 0.3 is 6.03 Å². The van der Waals surface area contributed by atoms with E-state index in [2.05, 4.69) is 43.1 Å². The molecule has 2 unspecified atom stereocenters. The van der Waals surface area contributed by atoms with E-state index in [1.54, 1.807) is 12.5 Å². The first-order valence-electron chi connectivity index (χ1n) is 8.85. The van der Waals surface area contributed by atoms with Gasteiger partial charge in [-0.05, 0) is 30.2 Å². The summed E-state index contributed by atoms with van der Waals surface area (Å²) in [4.78, 5) is 25.2. The van der Waals surface area contributed by atoms with Crippen molar-refractivity contribution >= 4 is 23.1 Å². The number of carbonyl (C=O) groups excluding carboxylic acids is 1. The molecule has 0 aromatic carbocycles. The van der Waals surface area contributed by atoms with Crippen molar-refractivity contribution in [3.63, 3.8) is 0 Å². The fraction of sp³-hybridized carbons (Fsp3) is 0.263. The highest BCUT2D eigenvalue weighted by atomic mass is 16.2. The zero-order valence-electron chi connectivity index (χ0n) is 15.2. The van der Waals surface area contributed by atoms with Crippen LogP contribution in [0.4, 0.5) is 4.79 Å². The number of nitrogens with zero attached hydrogens (tertiary/aromatic N) is 4. The van der Waals surface area contributed by atoms with Crippen molar-refractivity contribution in [3.8, 4) is 0 Å². The molecular weight excluding hydrogens is 342 g/mol. The fourth-order valence-electron chi connectivity index (χ4n) is 3.26. The number of pyridine rings is 1. The van der Waals surface area contributed by atoms with Crippen molar-refractivity contribution in [1.82, 2.24) is 30.5 Å². The van der Waals surface area contributed by atoms with Crippen LogP contribution in [-0.2, 0) is 7.05 Å². The summed E-state index contributed by atoms with van der Waals surface area (Å²) in [5.74, 6) is 0.460. The Hall–Kier alpha value is -3.42. The zero-order chi connectivity index (χ0) is 18.8. The molecule has 3 N–H and O–H groups in total. The van der Waals surface area contributed by atoms with Gasteiger partial charge in [0, 0.05) is 37.8 Å². The standard InChI is InChI=1S/C19H21N7O/c1-3-21-19(27)25-18-23-15-8-13(12-5-4-6-20-9-12)7-14(17(15)24-18)16-10-26(2)11-22-16/h4-11,15,17H,3H2,1-2H3,(H3,21,23,24,25,27).